The molecular weight excluding hydrogens is 288 g/mol. The van der Waals surface area contributed by atoms with Crippen molar-refractivity contribution in [3.63, 3.8) is 0 Å². The number of aromatic carboxylic acids is 1. The predicted molar refractivity (Wildman–Crippen MR) is 73.2 cm³/mol. The van der Waals surface area contributed by atoms with Gasteiger partial charge in [0.25, 0.3) is 5.91 Å². The minimum Gasteiger partial charge on any atom is -0.478 e. The highest BCUT2D eigenvalue weighted by Crippen LogP contribution is 2.27. The molecule has 0 saturated heterocycles. The second-order valence-corrected chi connectivity index (χ2v) is 5.35. The Morgan fingerprint density at radius 1 is 1.42 bits per heavy atom. The van der Waals surface area contributed by atoms with Gasteiger partial charge in [0.05, 0.1) is 5.56 Å². The Labute approximate surface area is 117 Å². The van der Waals surface area contributed by atoms with E-state index in [9.17, 15) is 9.59 Å². The maximum atomic E-state index is 11.9. The van der Waals surface area contributed by atoms with Gasteiger partial charge in [0.2, 0.25) is 0 Å². The van der Waals surface area contributed by atoms with Gasteiger partial charge < -0.3 is 10.4 Å². The smallest absolute Gasteiger partial charge is 0.338 e. The van der Waals surface area contributed by atoms with Crippen LogP contribution in [0.1, 0.15) is 25.7 Å². The molecule has 0 radical (unpaired) electrons. The van der Waals surface area contributed by atoms with Crippen LogP contribution in [0.4, 0.5) is 5.00 Å². The van der Waals surface area contributed by atoms with Crippen molar-refractivity contribution in [1.29, 1.82) is 0 Å². The highest BCUT2D eigenvalue weighted by molar-refractivity contribution is 7.16. The highest BCUT2D eigenvalue weighted by Gasteiger charge is 2.17. The van der Waals surface area contributed by atoms with Crippen LogP contribution >= 0.6 is 22.9 Å². The molecule has 2 aromatic rings. The molecule has 7 heteroatoms. The maximum Gasteiger partial charge on any atom is 0.338 e. The van der Waals surface area contributed by atoms with Gasteiger partial charge in [0, 0.05) is 4.88 Å². The zero-order chi connectivity index (χ0) is 14.0. The summed E-state index contributed by atoms with van der Waals surface area (Å²) in [6.45, 7) is 1.77. The first-order chi connectivity index (χ1) is 8.97. The van der Waals surface area contributed by atoms with Gasteiger partial charge in [0.15, 0.2) is 0 Å². The third-order valence-electron chi connectivity index (χ3n) is 2.26. The Hall–Kier alpha value is -1.92. The molecule has 1 amide bonds. The SMILES string of the molecule is Cc1cc(C(=O)O)c(NC(=O)c2cccc(Cl)n2)s1. The minimum atomic E-state index is -1.08. The van der Waals surface area contributed by atoms with Gasteiger partial charge in [-0.2, -0.15) is 0 Å². The van der Waals surface area contributed by atoms with Gasteiger partial charge in [0.1, 0.15) is 15.8 Å². The first kappa shape index (κ1) is 13.5. The lowest BCUT2D eigenvalue weighted by Crippen LogP contribution is -2.14. The van der Waals surface area contributed by atoms with Crippen molar-refractivity contribution < 1.29 is 14.7 Å². The number of rotatable bonds is 3. The van der Waals surface area contributed by atoms with Crippen LogP contribution in [-0.4, -0.2) is 22.0 Å². The number of carboxylic acids is 1. The molecular formula is C12H9ClN2O3S. The number of aromatic nitrogens is 1. The third kappa shape index (κ3) is 3.10. The van der Waals surface area contributed by atoms with Crippen LogP contribution in [0.2, 0.25) is 5.15 Å². The topological polar surface area (TPSA) is 79.3 Å². The molecule has 0 aliphatic carbocycles. The molecule has 98 valence electrons. The van der Waals surface area contributed by atoms with E-state index in [1.807, 2.05) is 0 Å². The number of nitrogens with zero attached hydrogens (tertiary/aromatic N) is 1. The molecule has 2 rings (SSSR count). The van der Waals surface area contributed by atoms with Crippen LogP contribution in [0, 0.1) is 6.92 Å². The van der Waals surface area contributed by atoms with E-state index in [0.717, 1.165) is 4.88 Å². The molecule has 0 aliphatic heterocycles. The summed E-state index contributed by atoms with van der Waals surface area (Å²) >= 11 is 6.89. The first-order valence-electron chi connectivity index (χ1n) is 5.25. The maximum absolute atomic E-state index is 11.9. The van der Waals surface area contributed by atoms with Crippen molar-refractivity contribution in [2.75, 3.05) is 5.32 Å². The number of pyridine rings is 1. The van der Waals surface area contributed by atoms with Gasteiger partial charge in [-0.25, -0.2) is 9.78 Å². The van der Waals surface area contributed by atoms with Crippen molar-refractivity contribution in [2.45, 2.75) is 6.92 Å². The summed E-state index contributed by atoms with van der Waals surface area (Å²) in [7, 11) is 0. The largest absolute Gasteiger partial charge is 0.478 e. The van der Waals surface area contributed by atoms with Gasteiger partial charge in [-0.1, -0.05) is 17.7 Å². The van der Waals surface area contributed by atoms with E-state index in [-0.39, 0.29) is 21.4 Å². The number of nitrogens with one attached hydrogen (secondary N) is 1. The van der Waals surface area contributed by atoms with Crippen molar-refractivity contribution in [3.05, 3.63) is 45.6 Å². The van der Waals surface area contributed by atoms with Crippen LogP contribution < -0.4 is 5.32 Å². The van der Waals surface area contributed by atoms with Crippen molar-refractivity contribution in [3.8, 4) is 0 Å². The van der Waals surface area contributed by atoms with Crippen LogP contribution in [-0.2, 0) is 0 Å². The van der Waals surface area contributed by atoms with E-state index in [1.165, 1.54) is 23.5 Å². The van der Waals surface area contributed by atoms with Crippen LogP contribution in [0.3, 0.4) is 0 Å². The fraction of sp³-hybridized carbons (Fsp3) is 0.0833. The number of anilines is 1. The summed E-state index contributed by atoms with van der Waals surface area (Å²) in [5, 5.41) is 12.0. The Balaban J connectivity index is 2.26. The molecule has 2 heterocycles. The van der Waals surface area contributed by atoms with E-state index in [4.69, 9.17) is 16.7 Å². The molecule has 0 atom stereocenters. The van der Waals surface area contributed by atoms with Crippen molar-refractivity contribution in [2.24, 2.45) is 0 Å². The van der Waals surface area contributed by atoms with Crippen LogP contribution in [0.15, 0.2) is 24.3 Å². The lowest BCUT2D eigenvalue weighted by atomic mass is 10.3. The Morgan fingerprint density at radius 3 is 2.79 bits per heavy atom. The number of carboxylic acid groups (broad SMARTS) is 1. The molecule has 2 N–H and O–H groups in total. The highest BCUT2D eigenvalue weighted by atomic mass is 35.5. The second kappa shape index (κ2) is 5.38. The quantitative estimate of drug-likeness (QED) is 0.853. The Bertz CT molecular complexity index is 654. The fourth-order valence-electron chi connectivity index (χ4n) is 1.47. The van der Waals surface area contributed by atoms with E-state index in [0.29, 0.717) is 0 Å². The number of halogens is 1. The summed E-state index contributed by atoms with van der Waals surface area (Å²) in [4.78, 5) is 27.6. The zero-order valence-electron chi connectivity index (χ0n) is 9.81. The Morgan fingerprint density at radius 2 is 2.16 bits per heavy atom. The number of aryl methyl sites for hydroxylation is 1. The molecule has 0 fully saturated rings. The van der Waals surface area contributed by atoms with Gasteiger partial charge in [-0.05, 0) is 25.1 Å². The molecule has 0 spiro atoms. The second-order valence-electron chi connectivity index (χ2n) is 3.70. The average molecular weight is 297 g/mol. The van der Waals surface area contributed by atoms with Crippen molar-refractivity contribution >= 4 is 39.8 Å². The van der Waals surface area contributed by atoms with Gasteiger partial charge >= 0.3 is 5.97 Å². The molecule has 0 unspecified atom stereocenters. The normalized spacial score (nSPS) is 10.2. The van der Waals surface area contributed by atoms with Crippen molar-refractivity contribution in [1.82, 2.24) is 4.98 Å². The predicted octanol–water partition coefficient (Wildman–Crippen LogP) is 3.06. The van der Waals surface area contributed by atoms with E-state index >= 15 is 0 Å². The van der Waals surface area contributed by atoms with Gasteiger partial charge in [-0.3, -0.25) is 4.79 Å². The summed E-state index contributed by atoms with van der Waals surface area (Å²) in [5.41, 5.74) is 0.202. The van der Waals surface area contributed by atoms with Crippen LogP contribution in [0.5, 0.6) is 0 Å². The average Bonchev–Trinajstić information content (AvgIpc) is 2.70. The number of thiophene rings is 1. The zero-order valence-corrected chi connectivity index (χ0v) is 11.4. The molecule has 19 heavy (non-hydrogen) atoms. The molecule has 0 aromatic carbocycles. The van der Waals surface area contributed by atoms with E-state index in [1.54, 1.807) is 19.1 Å². The lowest BCUT2D eigenvalue weighted by molar-refractivity contribution is 0.0698. The summed E-state index contributed by atoms with van der Waals surface area (Å²) in [5.74, 6) is -1.58. The van der Waals surface area contributed by atoms with Crippen LogP contribution in [0.25, 0.3) is 0 Å². The molecule has 0 aliphatic rings. The van der Waals surface area contributed by atoms with Gasteiger partial charge in [-0.15, -0.1) is 11.3 Å². The monoisotopic (exact) mass is 296 g/mol. The fourth-order valence-corrected chi connectivity index (χ4v) is 2.53. The molecule has 5 nitrogen and oxygen atoms in total. The molecule has 0 bridgehead atoms. The summed E-state index contributed by atoms with van der Waals surface area (Å²) < 4.78 is 0. The summed E-state index contributed by atoms with van der Waals surface area (Å²) in [6, 6.07) is 6.16. The third-order valence-corrected chi connectivity index (χ3v) is 3.44. The summed E-state index contributed by atoms with van der Waals surface area (Å²) in [6.07, 6.45) is 0. The standard InChI is InChI=1S/C12H9ClN2O3S/c1-6-5-7(12(17)18)11(19-6)15-10(16)8-3-2-4-9(13)14-8/h2-5H,1H3,(H,15,16)(H,17,18). The van der Waals surface area contributed by atoms with E-state index < -0.39 is 11.9 Å². The minimum absolute atomic E-state index is 0.0675. The Kier molecular flexibility index (Phi) is 3.82. The molecule has 2 aromatic heterocycles. The number of hydrogen-bond donors (Lipinski definition) is 2. The lowest BCUT2D eigenvalue weighted by Gasteiger charge is -2.03. The number of carbonyl (C=O) groups is 2. The number of hydrogen-bond acceptors (Lipinski definition) is 4. The number of amides is 1. The van der Waals surface area contributed by atoms with E-state index in [2.05, 4.69) is 10.3 Å². The first-order valence-corrected chi connectivity index (χ1v) is 6.44. The number of carbonyl (C=O) groups excluding carboxylic acids is 1. The molecule has 0 saturated carbocycles.